The lowest BCUT2D eigenvalue weighted by atomic mass is 10.3. The molecule has 1 aliphatic heterocycles. The third-order valence-corrected chi connectivity index (χ3v) is 5.17. The molecule has 2 aromatic heterocycles. The number of amides is 1. The maximum Gasteiger partial charge on any atom is 0.264 e. The topological polar surface area (TPSA) is 41.4 Å². The van der Waals surface area contributed by atoms with Gasteiger partial charge in [0, 0.05) is 38.6 Å². The van der Waals surface area contributed by atoms with E-state index < -0.39 is 0 Å². The van der Waals surface area contributed by atoms with Crippen LogP contribution in [-0.4, -0.2) is 46.5 Å². The van der Waals surface area contributed by atoms with E-state index in [0.717, 1.165) is 4.88 Å². The molecule has 3 aromatic rings. The molecule has 1 aromatic carbocycles. The number of hydrogen-bond donors (Lipinski definition) is 0. The van der Waals surface area contributed by atoms with Crippen molar-refractivity contribution in [3.05, 3.63) is 64.9 Å². The van der Waals surface area contributed by atoms with Crippen LogP contribution < -0.4 is 4.90 Å². The monoisotopic (exact) mass is 356 g/mol. The predicted molar refractivity (Wildman–Crippen MR) is 96.0 cm³/mol. The lowest BCUT2D eigenvalue weighted by Crippen LogP contribution is -2.49. The Morgan fingerprint density at radius 1 is 1.08 bits per heavy atom. The minimum Gasteiger partial charge on any atom is -0.338 e. The summed E-state index contributed by atoms with van der Waals surface area (Å²) in [5.41, 5.74) is 0.479. The number of anilines is 1. The number of carbonyl (C=O) groups excluding carboxylic acids is 1. The zero-order valence-corrected chi connectivity index (χ0v) is 14.3. The smallest absolute Gasteiger partial charge is 0.264 e. The second-order valence-corrected chi connectivity index (χ2v) is 6.75. The van der Waals surface area contributed by atoms with Crippen LogP contribution in [0.3, 0.4) is 0 Å². The van der Waals surface area contributed by atoms with Gasteiger partial charge in [0.05, 0.1) is 10.6 Å². The van der Waals surface area contributed by atoms with Crippen molar-refractivity contribution >= 4 is 23.2 Å². The van der Waals surface area contributed by atoms with Crippen molar-refractivity contribution in [2.45, 2.75) is 0 Å². The number of thiophene rings is 1. The van der Waals surface area contributed by atoms with Gasteiger partial charge in [0.2, 0.25) is 5.95 Å². The number of imidazole rings is 1. The van der Waals surface area contributed by atoms with E-state index in [-0.39, 0.29) is 11.7 Å². The van der Waals surface area contributed by atoms with E-state index in [1.165, 1.54) is 17.4 Å². The molecule has 0 N–H and O–H groups in total. The van der Waals surface area contributed by atoms with E-state index >= 15 is 0 Å². The number of halogens is 1. The van der Waals surface area contributed by atoms with Gasteiger partial charge < -0.3 is 9.80 Å². The molecule has 1 fully saturated rings. The Morgan fingerprint density at radius 3 is 2.60 bits per heavy atom. The van der Waals surface area contributed by atoms with Crippen molar-refractivity contribution in [1.29, 1.82) is 0 Å². The SMILES string of the molecule is O=C(c1cccs1)N1CCN(c2nccn2-c2ccccc2F)CC1. The van der Waals surface area contributed by atoms with Crippen molar-refractivity contribution < 1.29 is 9.18 Å². The minimum absolute atomic E-state index is 0.0760. The third-order valence-electron chi connectivity index (χ3n) is 4.31. The Hall–Kier alpha value is -2.67. The van der Waals surface area contributed by atoms with E-state index in [2.05, 4.69) is 9.88 Å². The Morgan fingerprint density at radius 2 is 1.88 bits per heavy atom. The third kappa shape index (κ3) is 3.02. The molecule has 0 bridgehead atoms. The molecule has 3 heterocycles. The molecule has 128 valence electrons. The predicted octanol–water partition coefficient (Wildman–Crippen LogP) is 3.04. The van der Waals surface area contributed by atoms with Gasteiger partial charge in [-0.2, -0.15) is 0 Å². The molecule has 0 aliphatic carbocycles. The first-order valence-corrected chi connectivity index (χ1v) is 8.98. The molecule has 0 spiro atoms. The fourth-order valence-corrected chi connectivity index (χ4v) is 3.72. The summed E-state index contributed by atoms with van der Waals surface area (Å²) in [5, 5.41) is 1.91. The summed E-state index contributed by atoms with van der Waals surface area (Å²) >= 11 is 1.46. The van der Waals surface area contributed by atoms with Crippen molar-refractivity contribution in [1.82, 2.24) is 14.5 Å². The Balaban J connectivity index is 1.50. The number of benzene rings is 1. The summed E-state index contributed by atoms with van der Waals surface area (Å²) < 4.78 is 15.9. The number of hydrogen-bond acceptors (Lipinski definition) is 4. The van der Waals surface area contributed by atoms with Crippen molar-refractivity contribution in [2.24, 2.45) is 0 Å². The number of carbonyl (C=O) groups is 1. The summed E-state index contributed by atoms with van der Waals surface area (Å²) in [4.78, 5) is 21.5. The van der Waals surface area contributed by atoms with E-state index in [9.17, 15) is 9.18 Å². The second kappa shape index (κ2) is 6.68. The van der Waals surface area contributed by atoms with Crippen LogP contribution in [0.1, 0.15) is 9.67 Å². The average molecular weight is 356 g/mol. The molecule has 0 saturated carbocycles. The second-order valence-electron chi connectivity index (χ2n) is 5.81. The largest absolute Gasteiger partial charge is 0.338 e. The Kier molecular flexibility index (Phi) is 4.23. The molecule has 4 rings (SSSR count). The summed E-state index contributed by atoms with van der Waals surface area (Å²) in [6.45, 7) is 2.59. The first-order chi connectivity index (χ1) is 12.2. The van der Waals surface area contributed by atoms with Crippen LogP contribution in [0.25, 0.3) is 5.69 Å². The fraction of sp³-hybridized carbons (Fsp3) is 0.222. The van der Waals surface area contributed by atoms with E-state index in [0.29, 0.717) is 37.8 Å². The van der Waals surface area contributed by atoms with Crippen LogP contribution in [0.5, 0.6) is 0 Å². The summed E-state index contributed by atoms with van der Waals surface area (Å²) in [6, 6.07) is 10.4. The minimum atomic E-state index is -0.284. The quantitative estimate of drug-likeness (QED) is 0.724. The number of piperazine rings is 1. The molecular formula is C18H17FN4OS. The van der Waals surface area contributed by atoms with E-state index in [1.54, 1.807) is 35.2 Å². The highest BCUT2D eigenvalue weighted by Crippen LogP contribution is 2.22. The maximum atomic E-state index is 14.1. The highest BCUT2D eigenvalue weighted by atomic mass is 32.1. The van der Waals surface area contributed by atoms with Gasteiger partial charge in [-0.25, -0.2) is 9.37 Å². The van der Waals surface area contributed by atoms with Crippen LogP contribution in [0.2, 0.25) is 0 Å². The molecule has 1 saturated heterocycles. The van der Waals surface area contributed by atoms with Crippen LogP contribution in [0, 0.1) is 5.82 Å². The van der Waals surface area contributed by atoms with Gasteiger partial charge in [-0.1, -0.05) is 18.2 Å². The fourth-order valence-electron chi connectivity index (χ4n) is 3.03. The molecule has 0 atom stereocenters. The molecule has 7 heteroatoms. The van der Waals surface area contributed by atoms with Crippen LogP contribution in [0.4, 0.5) is 10.3 Å². The summed E-state index contributed by atoms with van der Waals surface area (Å²) in [7, 11) is 0. The van der Waals surface area contributed by atoms with Crippen molar-refractivity contribution in [3.8, 4) is 5.69 Å². The molecular weight excluding hydrogens is 339 g/mol. The summed E-state index contributed by atoms with van der Waals surface area (Å²) in [6.07, 6.45) is 3.43. The molecule has 5 nitrogen and oxygen atoms in total. The van der Waals surface area contributed by atoms with Gasteiger partial charge >= 0.3 is 0 Å². The highest BCUT2D eigenvalue weighted by molar-refractivity contribution is 7.12. The van der Waals surface area contributed by atoms with Gasteiger partial charge in [0.25, 0.3) is 5.91 Å². The maximum absolute atomic E-state index is 14.1. The Bertz CT molecular complexity index is 869. The van der Waals surface area contributed by atoms with E-state index in [1.807, 2.05) is 22.4 Å². The van der Waals surface area contributed by atoms with Crippen LogP contribution in [0.15, 0.2) is 54.2 Å². The van der Waals surface area contributed by atoms with Crippen molar-refractivity contribution in [3.63, 3.8) is 0 Å². The van der Waals surface area contributed by atoms with Gasteiger partial charge in [0.15, 0.2) is 0 Å². The summed E-state index contributed by atoms with van der Waals surface area (Å²) in [5.74, 6) is 0.494. The molecule has 1 amide bonds. The zero-order chi connectivity index (χ0) is 17.2. The van der Waals surface area contributed by atoms with Crippen molar-refractivity contribution in [2.75, 3.05) is 31.1 Å². The average Bonchev–Trinajstić information content (AvgIpc) is 3.34. The molecule has 0 unspecified atom stereocenters. The lowest BCUT2D eigenvalue weighted by Gasteiger charge is -2.35. The van der Waals surface area contributed by atoms with Gasteiger partial charge in [-0.15, -0.1) is 11.3 Å². The van der Waals surface area contributed by atoms with Gasteiger partial charge in [0.1, 0.15) is 5.82 Å². The molecule has 1 aliphatic rings. The van der Waals surface area contributed by atoms with Crippen LogP contribution >= 0.6 is 11.3 Å². The molecule has 25 heavy (non-hydrogen) atoms. The van der Waals surface area contributed by atoms with Gasteiger partial charge in [-0.05, 0) is 23.6 Å². The Labute approximate surface area is 148 Å². The number of para-hydroxylation sites is 1. The van der Waals surface area contributed by atoms with E-state index in [4.69, 9.17) is 0 Å². The van der Waals surface area contributed by atoms with Gasteiger partial charge in [-0.3, -0.25) is 9.36 Å². The number of nitrogens with zero attached hydrogens (tertiary/aromatic N) is 4. The number of aromatic nitrogens is 2. The normalized spacial score (nSPS) is 14.8. The van der Waals surface area contributed by atoms with Crippen LogP contribution in [-0.2, 0) is 0 Å². The standard InChI is InChI=1S/C18H17FN4OS/c19-14-4-1-2-5-15(14)23-8-7-20-18(23)22-11-9-21(10-12-22)17(24)16-6-3-13-25-16/h1-8,13H,9-12H2. The molecule has 0 radical (unpaired) electrons. The first-order valence-electron chi connectivity index (χ1n) is 8.10. The number of rotatable bonds is 3. The lowest BCUT2D eigenvalue weighted by molar-refractivity contribution is 0.0751. The first kappa shape index (κ1) is 15.8. The zero-order valence-electron chi connectivity index (χ0n) is 13.5. The highest BCUT2D eigenvalue weighted by Gasteiger charge is 2.25.